The maximum Gasteiger partial charge on any atom is 0.115 e. The zero-order valence-electron chi connectivity index (χ0n) is 8.33. The van der Waals surface area contributed by atoms with Gasteiger partial charge in [-0.25, -0.2) is 9.97 Å². The molecule has 0 aliphatic heterocycles. The van der Waals surface area contributed by atoms with Crippen LogP contribution in [-0.4, -0.2) is 16.5 Å². The predicted molar refractivity (Wildman–Crippen MR) is 53.3 cm³/mol. The highest BCUT2D eigenvalue weighted by Gasteiger charge is 2.04. The molecule has 0 aliphatic rings. The van der Waals surface area contributed by atoms with Crippen molar-refractivity contribution in [2.45, 2.75) is 26.7 Å². The van der Waals surface area contributed by atoms with Crippen LogP contribution in [0.3, 0.4) is 0 Å². The van der Waals surface area contributed by atoms with E-state index >= 15 is 0 Å². The van der Waals surface area contributed by atoms with Gasteiger partial charge in [0.1, 0.15) is 6.33 Å². The van der Waals surface area contributed by atoms with Gasteiger partial charge >= 0.3 is 0 Å². The topological polar surface area (TPSA) is 51.8 Å². The molecule has 0 unspecified atom stereocenters. The first-order chi connectivity index (χ1) is 6.24. The summed E-state index contributed by atoms with van der Waals surface area (Å²) in [6.45, 7) is 5.04. The fourth-order valence-electron chi connectivity index (χ4n) is 1.32. The Kier molecular flexibility index (Phi) is 3.83. The van der Waals surface area contributed by atoms with Gasteiger partial charge in [-0.2, -0.15) is 0 Å². The van der Waals surface area contributed by atoms with Crippen molar-refractivity contribution in [3.63, 3.8) is 0 Å². The molecule has 0 amide bonds. The molecular formula is C10H17N3. The minimum atomic E-state index is 0.631. The number of rotatable bonds is 4. The molecule has 3 nitrogen and oxygen atoms in total. The van der Waals surface area contributed by atoms with Crippen molar-refractivity contribution in [1.82, 2.24) is 9.97 Å². The van der Waals surface area contributed by atoms with Crippen LogP contribution in [0.15, 0.2) is 12.5 Å². The van der Waals surface area contributed by atoms with Crippen LogP contribution in [0.2, 0.25) is 0 Å². The largest absolute Gasteiger partial charge is 0.330 e. The standard InChI is InChI=1S/C10H17N3/c1-8(2)5-10-9(3-4-11)6-12-7-13-10/h6-8H,3-5,11H2,1-2H3. The van der Waals surface area contributed by atoms with E-state index in [-0.39, 0.29) is 0 Å². The number of aromatic nitrogens is 2. The van der Waals surface area contributed by atoms with Crippen LogP contribution in [-0.2, 0) is 12.8 Å². The Labute approximate surface area is 79.4 Å². The van der Waals surface area contributed by atoms with E-state index in [2.05, 4.69) is 23.8 Å². The SMILES string of the molecule is CC(C)Cc1ncncc1CCN. The molecule has 13 heavy (non-hydrogen) atoms. The summed E-state index contributed by atoms with van der Waals surface area (Å²) in [7, 11) is 0. The van der Waals surface area contributed by atoms with E-state index < -0.39 is 0 Å². The highest BCUT2D eigenvalue weighted by molar-refractivity contribution is 5.16. The molecule has 72 valence electrons. The monoisotopic (exact) mass is 179 g/mol. The fraction of sp³-hybridized carbons (Fsp3) is 0.600. The van der Waals surface area contributed by atoms with Crippen molar-refractivity contribution in [1.29, 1.82) is 0 Å². The van der Waals surface area contributed by atoms with Gasteiger partial charge in [0.2, 0.25) is 0 Å². The molecule has 2 N–H and O–H groups in total. The number of hydrogen-bond donors (Lipinski definition) is 1. The Hall–Kier alpha value is -0.960. The third kappa shape index (κ3) is 3.11. The maximum atomic E-state index is 5.50. The van der Waals surface area contributed by atoms with Crippen molar-refractivity contribution >= 4 is 0 Å². The van der Waals surface area contributed by atoms with Crippen molar-refractivity contribution < 1.29 is 0 Å². The summed E-state index contributed by atoms with van der Waals surface area (Å²) in [5, 5.41) is 0. The summed E-state index contributed by atoms with van der Waals surface area (Å²) in [5.41, 5.74) is 7.85. The van der Waals surface area contributed by atoms with Crippen molar-refractivity contribution in [2.75, 3.05) is 6.54 Å². The van der Waals surface area contributed by atoms with E-state index in [0.717, 1.165) is 18.5 Å². The van der Waals surface area contributed by atoms with E-state index in [1.807, 2.05) is 6.20 Å². The Morgan fingerprint density at radius 1 is 1.46 bits per heavy atom. The Bertz CT molecular complexity index is 258. The average molecular weight is 179 g/mol. The van der Waals surface area contributed by atoms with Crippen molar-refractivity contribution in [3.05, 3.63) is 23.8 Å². The normalized spacial score (nSPS) is 10.8. The zero-order valence-corrected chi connectivity index (χ0v) is 8.33. The number of hydrogen-bond acceptors (Lipinski definition) is 3. The summed E-state index contributed by atoms with van der Waals surface area (Å²) in [4.78, 5) is 8.28. The molecule has 0 spiro atoms. The summed E-state index contributed by atoms with van der Waals surface area (Å²) in [6, 6.07) is 0. The van der Waals surface area contributed by atoms with Gasteiger partial charge in [-0.15, -0.1) is 0 Å². The van der Waals surface area contributed by atoms with Gasteiger partial charge in [0.15, 0.2) is 0 Å². The first-order valence-corrected chi connectivity index (χ1v) is 4.72. The number of nitrogens with two attached hydrogens (primary N) is 1. The summed E-state index contributed by atoms with van der Waals surface area (Å²) in [6.07, 6.45) is 5.37. The van der Waals surface area contributed by atoms with Crippen LogP contribution in [0.25, 0.3) is 0 Å². The van der Waals surface area contributed by atoms with E-state index in [1.165, 1.54) is 5.56 Å². The Morgan fingerprint density at radius 3 is 2.85 bits per heavy atom. The van der Waals surface area contributed by atoms with E-state index in [0.29, 0.717) is 12.5 Å². The zero-order chi connectivity index (χ0) is 9.68. The number of nitrogens with zero attached hydrogens (tertiary/aromatic N) is 2. The lowest BCUT2D eigenvalue weighted by atomic mass is 10.0. The van der Waals surface area contributed by atoms with Crippen LogP contribution in [0.4, 0.5) is 0 Å². The Morgan fingerprint density at radius 2 is 2.23 bits per heavy atom. The third-order valence-electron chi connectivity index (χ3n) is 1.90. The van der Waals surface area contributed by atoms with Gasteiger partial charge < -0.3 is 5.73 Å². The summed E-state index contributed by atoms with van der Waals surface area (Å²) in [5.74, 6) is 0.631. The molecular weight excluding hydrogens is 162 g/mol. The Balaban J connectivity index is 2.78. The first-order valence-electron chi connectivity index (χ1n) is 4.72. The maximum absolute atomic E-state index is 5.50. The van der Waals surface area contributed by atoms with Gasteiger partial charge in [-0.05, 0) is 30.9 Å². The van der Waals surface area contributed by atoms with Crippen LogP contribution < -0.4 is 5.73 Å². The lowest BCUT2D eigenvalue weighted by molar-refractivity contribution is 0.627. The molecule has 3 heteroatoms. The second-order valence-electron chi connectivity index (χ2n) is 3.63. The molecule has 0 bridgehead atoms. The molecule has 1 heterocycles. The summed E-state index contributed by atoms with van der Waals surface area (Å²) < 4.78 is 0. The molecule has 0 fully saturated rings. The molecule has 0 atom stereocenters. The van der Waals surface area contributed by atoms with Gasteiger partial charge in [0.05, 0.1) is 0 Å². The average Bonchev–Trinajstić information content (AvgIpc) is 2.08. The predicted octanol–water partition coefficient (Wildman–Crippen LogP) is 1.18. The first kappa shape index (κ1) is 10.1. The molecule has 0 saturated carbocycles. The van der Waals surface area contributed by atoms with Crippen LogP contribution >= 0.6 is 0 Å². The molecule has 1 aromatic heterocycles. The molecule has 1 rings (SSSR count). The van der Waals surface area contributed by atoms with Crippen LogP contribution in [0, 0.1) is 5.92 Å². The van der Waals surface area contributed by atoms with Gasteiger partial charge in [0, 0.05) is 11.9 Å². The third-order valence-corrected chi connectivity index (χ3v) is 1.90. The molecule has 0 aromatic carbocycles. The second kappa shape index (κ2) is 4.92. The van der Waals surface area contributed by atoms with Crippen molar-refractivity contribution in [3.8, 4) is 0 Å². The lowest BCUT2D eigenvalue weighted by Crippen LogP contribution is -2.08. The fourth-order valence-corrected chi connectivity index (χ4v) is 1.32. The van der Waals surface area contributed by atoms with E-state index in [9.17, 15) is 0 Å². The minimum absolute atomic E-state index is 0.631. The smallest absolute Gasteiger partial charge is 0.115 e. The highest BCUT2D eigenvalue weighted by Crippen LogP contribution is 2.09. The van der Waals surface area contributed by atoms with E-state index in [1.54, 1.807) is 6.33 Å². The molecule has 1 aromatic rings. The van der Waals surface area contributed by atoms with Crippen LogP contribution in [0.1, 0.15) is 25.1 Å². The highest BCUT2D eigenvalue weighted by atomic mass is 14.8. The quantitative estimate of drug-likeness (QED) is 0.755. The van der Waals surface area contributed by atoms with Gasteiger partial charge in [-0.1, -0.05) is 13.8 Å². The van der Waals surface area contributed by atoms with E-state index in [4.69, 9.17) is 5.73 Å². The molecule has 0 saturated heterocycles. The minimum Gasteiger partial charge on any atom is -0.330 e. The van der Waals surface area contributed by atoms with Gasteiger partial charge in [0.25, 0.3) is 0 Å². The summed E-state index contributed by atoms with van der Waals surface area (Å²) >= 11 is 0. The van der Waals surface area contributed by atoms with Crippen molar-refractivity contribution in [2.24, 2.45) is 11.7 Å². The molecule has 0 aliphatic carbocycles. The molecule has 0 radical (unpaired) electrons. The van der Waals surface area contributed by atoms with Gasteiger partial charge in [-0.3, -0.25) is 0 Å². The lowest BCUT2D eigenvalue weighted by Gasteiger charge is -2.08. The second-order valence-corrected chi connectivity index (χ2v) is 3.63. The van der Waals surface area contributed by atoms with Crippen LogP contribution in [0.5, 0.6) is 0 Å².